The zero-order chi connectivity index (χ0) is 14.4. The second-order valence-corrected chi connectivity index (χ2v) is 6.79. The van der Waals surface area contributed by atoms with Crippen molar-refractivity contribution < 1.29 is 9.13 Å². The summed E-state index contributed by atoms with van der Waals surface area (Å²) in [5, 5.41) is 3.60. The van der Waals surface area contributed by atoms with Gasteiger partial charge in [-0.2, -0.15) is 0 Å². The molecular formula is C17H24FNO. The van der Waals surface area contributed by atoms with Crippen molar-refractivity contribution in [3.05, 3.63) is 29.6 Å². The van der Waals surface area contributed by atoms with Crippen molar-refractivity contribution in [3.8, 4) is 5.75 Å². The van der Waals surface area contributed by atoms with Gasteiger partial charge in [0.25, 0.3) is 0 Å². The van der Waals surface area contributed by atoms with Crippen molar-refractivity contribution in [3.63, 3.8) is 0 Å². The summed E-state index contributed by atoms with van der Waals surface area (Å²) in [6.07, 6.45) is 4.47. The fourth-order valence-corrected chi connectivity index (χ4v) is 3.25. The van der Waals surface area contributed by atoms with E-state index in [0.29, 0.717) is 0 Å². The van der Waals surface area contributed by atoms with Crippen LogP contribution in [-0.4, -0.2) is 12.1 Å². The van der Waals surface area contributed by atoms with Gasteiger partial charge < -0.3 is 10.1 Å². The maximum Gasteiger partial charge on any atom is 0.127 e. The van der Waals surface area contributed by atoms with E-state index in [0.717, 1.165) is 30.7 Å². The fourth-order valence-electron chi connectivity index (χ4n) is 3.25. The molecule has 1 N–H and O–H groups in total. The highest BCUT2D eigenvalue weighted by Gasteiger charge is 2.57. The van der Waals surface area contributed by atoms with Crippen LogP contribution in [0.15, 0.2) is 18.2 Å². The lowest BCUT2D eigenvalue weighted by Crippen LogP contribution is -2.47. The summed E-state index contributed by atoms with van der Waals surface area (Å²) in [6, 6.07) is 5.21. The van der Waals surface area contributed by atoms with Gasteiger partial charge >= 0.3 is 0 Å². The molecule has 1 aromatic rings. The van der Waals surface area contributed by atoms with E-state index >= 15 is 0 Å². The molecule has 2 nitrogen and oxygen atoms in total. The Morgan fingerprint density at radius 3 is 2.75 bits per heavy atom. The van der Waals surface area contributed by atoms with Crippen LogP contribution < -0.4 is 10.1 Å². The second kappa shape index (κ2) is 4.73. The molecule has 2 aliphatic rings. The molecule has 0 bridgehead atoms. The van der Waals surface area contributed by atoms with E-state index in [1.807, 2.05) is 6.07 Å². The van der Waals surface area contributed by atoms with Crippen LogP contribution in [0.5, 0.6) is 5.75 Å². The highest BCUT2D eigenvalue weighted by molar-refractivity contribution is 5.40. The molecular weight excluding hydrogens is 253 g/mol. The summed E-state index contributed by atoms with van der Waals surface area (Å²) in [6.45, 7) is 7.62. The van der Waals surface area contributed by atoms with Crippen molar-refractivity contribution in [2.45, 2.75) is 58.1 Å². The number of ether oxygens (including phenoxy) is 1. The first-order chi connectivity index (χ1) is 9.47. The molecule has 1 aliphatic carbocycles. The fraction of sp³-hybridized carbons (Fsp3) is 0.647. The van der Waals surface area contributed by atoms with E-state index in [1.165, 1.54) is 18.9 Å². The van der Waals surface area contributed by atoms with E-state index in [9.17, 15) is 4.39 Å². The highest BCUT2D eigenvalue weighted by atomic mass is 19.1. The second-order valence-electron chi connectivity index (χ2n) is 6.79. The highest BCUT2D eigenvalue weighted by Crippen LogP contribution is 2.59. The van der Waals surface area contributed by atoms with Gasteiger partial charge in [-0.3, -0.25) is 0 Å². The minimum absolute atomic E-state index is 0.195. The Bertz CT molecular complexity index is 512. The molecule has 1 aliphatic heterocycles. The predicted octanol–water partition coefficient (Wildman–Crippen LogP) is 4.21. The Hall–Kier alpha value is -1.09. The molecule has 1 fully saturated rings. The molecule has 2 atom stereocenters. The summed E-state index contributed by atoms with van der Waals surface area (Å²) >= 11 is 0. The number of hydrogen-bond acceptors (Lipinski definition) is 2. The van der Waals surface area contributed by atoms with Gasteiger partial charge in [-0.05, 0) is 38.8 Å². The lowest BCUT2D eigenvalue weighted by molar-refractivity contribution is -0.0136. The van der Waals surface area contributed by atoms with Crippen LogP contribution in [0.3, 0.4) is 0 Å². The van der Waals surface area contributed by atoms with Gasteiger partial charge in [-0.25, -0.2) is 4.39 Å². The molecule has 0 aromatic heterocycles. The molecule has 0 saturated heterocycles. The Labute approximate surface area is 120 Å². The third-order valence-corrected chi connectivity index (χ3v) is 5.20. The predicted molar refractivity (Wildman–Crippen MR) is 78.4 cm³/mol. The molecule has 2 unspecified atom stereocenters. The number of rotatable bonds is 4. The van der Waals surface area contributed by atoms with Crippen LogP contribution in [0.2, 0.25) is 0 Å². The number of nitrogens with one attached hydrogen (secondary N) is 1. The molecule has 0 spiro atoms. The number of halogens is 1. The Morgan fingerprint density at radius 1 is 1.35 bits per heavy atom. The minimum atomic E-state index is -0.219. The molecule has 20 heavy (non-hydrogen) atoms. The molecule has 3 rings (SSSR count). The smallest absolute Gasteiger partial charge is 0.127 e. The summed E-state index contributed by atoms with van der Waals surface area (Å²) in [5.41, 5.74) is 1.14. The van der Waals surface area contributed by atoms with Gasteiger partial charge in [0.15, 0.2) is 0 Å². The van der Waals surface area contributed by atoms with Crippen molar-refractivity contribution in [2.75, 3.05) is 6.54 Å². The average molecular weight is 277 g/mol. The van der Waals surface area contributed by atoms with Gasteiger partial charge in [0.05, 0.1) is 0 Å². The van der Waals surface area contributed by atoms with Gasteiger partial charge in [-0.1, -0.05) is 19.9 Å². The quantitative estimate of drug-likeness (QED) is 0.890. The van der Waals surface area contributed by atoms with E-state index < -0.39 is 0 Å². The maximum atomic E-state index is 13.5. The summed E-state index contributed by atoms with van der Waals surface area (Å²) in [5.74, 6) is 0.503. The van der Waals surface area contributed by atoms with E-state index in [-0.39, 0.29) is 22.9 Å². The third-order valence-electron chi connectivity index (χ3n) is 5.20. The van der Waals surface area contributed by atoms with Crippen LogP contribution >= 0.6 is 0 Å². The SMILES string of the molecule is CCCNC1CC(C)(C2(C)CC2)Oc2cc(F)ccc21. The van der Waals surface area contributed by atoms with E-state index in [2.05, 4.69) is 26.1 Å². The van der Waals surface area contributed by atoms with Gasteiger partial charge in [0.2, 0.25) is 0 Å². The van der Waals surface area contributed by atoms with Crippen molar-refractivity contribution >= 4 is 0 Å². The number of benzene rings is 1. The monoisotopic (exact) mass is 277 g/mol. The summed E-state index contributed by atoms with van der Waals surface area (Å²) < 4.78 is 19.8. The van der Waals surface area contributed by atoms with Crippen LogP contribution in [-0.2, 0) is 0 Å². The first-order valence-corrected chi connectivity index (χ1v) is 7.69. The van der Waals surface area contributed by atoms with Gasteiger partial charge in [0, 0.05) is 29.5 Å². The molecule has 1 saturated carbocycles. The molecule has 3 heteroatoms. The van der Waals surface area contributed by atoms with Crippen molar-refractivity contribution in [2.24, 2.45) is 5.41 Å². The number of hydrogen-bond donors (Lipinski definition) is 1. The first-order valence-electron chi connectivity index (χ1n) is 7.69. The molecule has 0 amide bonds. The zero-order valence-electron chi connectivity index (χ0n) is 12.6. The van der Waals surface area contributed by atoms with Gasteiger partial charge in [-0.15, -0.1) is 0 Å². The largest absolute Gasteiger partial charge is 0.486 e. The normalized spacial score (nSPS) is 30.5. The third kappa shape index (κ3) is 2.22. The molecule has 1 aromatic carbocycles. The lowest BCUT2D eigenvalue weighted by atomic mass is 9.78. The standard InChI is InChI=1S/C17H24FNO/c1-4-9-19-14-11-17(3,16(2)7-8-16)20-15-10-12(18)5-6-13(14)15/h5-6,10,14,19H,4,7-9,11H2,1-3H3. The number of fused-ring (bicyclic) bond motifs is 1. The topological polar surface area (TPSA) is 21.3 Å². The van der Waals surface area contributed by atoms with Crippen molar-refractivity contribution in [1.29, 1.82) is 0 Å². The van der Waals surface area contributed by atoms with Crippen LogP contribution in [0.1, 0.15) is 58.1 Å². The van der Waals surface area contributed by atoms with Crippen LogP contribution in [0, 0.1) is 11.2 Å². The first kappa shape index (κ1) is 13.9. The van der Waals surface area contributed by atoms with E-state index in [1.54, 1.807) is 6.07 Å². The van der Waals surface area contributed by atoms with Crippen LogP contribution in [0.4, 0.5) is 4.39 Å². The van der Waals surface area contributed by atoms with Gasteiger partial charge in [0.1, 0.15) is 17.2 Å². The lowest BCUT2D eigenvalue weighted by Gasteiger charge is -2.44. The molecule has 1 heterocycles. The minimum Gasteiger partial charge on any atom is -0.486 e. The summed E-state index contributed by atoms with van der Waals surface area (Å²) in [4.78, 5) is 0. The molecule has 0 radical (unpaired) electrons. The Kier molecular flexibility index (Phi) is 3.28. The Morgan fingerprint density at radius 2 is 2.10 bits per heavy atom. The summed E-state index contributed by atoms with van der Waals surface area (Å²) in [7, 11) is 0. The zero-order valence-corrected chi connectivity index (χ0v) is 12.6. The average Bonchev–Trinajstić information content (AvgIpc) is 3.15. The molecule has 110 valence electrons. The maximum absolute atomic E-state index is 13.5. The Balaban J connectivity index is 1.95. The van der Waals surface area contributed by atoms with E-state index in [4.69, 9.17) is 4.74 Å². The van der Waals surface area contributed by atoms with Crippen molar-refractivity contribution in [1.82, 2.24) is 5.32 Å². The van der Waals surface area contributed by atoms with Crippen LogP contribution in [0.25, 0.3) is 0 Å².